The predicted molar refractivity (Wildman–Crippen MR) is 115 cm³/mol. The Morgan fingerprint density at radius 3 is 2.74 bits per heavy atom. The van der Waals surface area contributed by atoms with Gasteiger partial charge in [0, 0.05) is 44.4 Å². The van der Waals surface area contributed by atoms with Crippen molar-refractivity contribution in [2.75, 3.05) is 47.4 Å². The van der Waals surface area contributed by atoms with Crippen molar-refractivity contribution in [3.05, 3.63) is 45.7 Å². The fourth-order valence-corrected chi connectivity index (χ4v) is 3.04. The molecule has 2 aromatic rings. The van der Waals surface area contributed by atoms with Crippen LogP contribution in [0.3, 0.4) is 0 Å². The first kappa shape index (κ1) is 21.3. The van der Waals surface area contributed by atoms with Crippen molar-refractivity contribution in [3.8, 4) is 0 Å². The van der Waals surface area contributed by atoms with Gasteiger partial charge in [0.2, 0.25) is 0 Å². The summed E-state index contributed by atoms with van der Waals surface area (Å²) in [5.41, 5.74) is 2.64. The fraction of sp³-hybridized carbons (Fsp3) is 0.500. The first-order chi connectivity index (χ1) is 12.9. The summed E-state index contributed by atoms with van der Waals surface area (Å²) in [5.74, 6) is 0. The molecule has 0 amide bonds. The Morgan fingerprint density at radius 1 is 1.26 bits per heavy atom. The van der Waals surface area contributed by atoms with Crippen molar-refractivity contribution < 1.29 is 4.74 Å². The molecule has 148 valence electrons. The number of H-pyrrole nitrogens is 1. The molecule has 2 N–H and O–H groups in total. The molecule has 0 spiro atoms. The summed E-state index contributed by atoms with van der Waals surface area (Å²) < 4.78 is 5.07. The third-order valence-electron chi connectivity index (χ3n) is 4.35. The summed E-state index contributed by atoms with van der Waals surface area (Å²) in [7, 11) is 5.74. The van der Waals surface area contributed by atoms with E-state index in [2.05, 4.69) is 21.3 Å². The zero-order valence-corrected chi connectivity index (χ0v) is 17.5. The highest BCUT2D eigenvalue weighted by Gasteiger charge is 2.13. The number of likely N-dealkylation sites (N-methyl/N-ethyl adjacent to an activating group) is 1. The quantitative estimate of drug-likeness (QED) is 0.505. The van der Waals surface area contributed by atoms with Gasteiger partial charge in [-0.2, -0.15) is 0 Å². The standard InChI is InChI=1S/C20H30N4O2S/c1-15-6-7-16-13-17(19(25)22-18(16)12-15)14-24(10-9-23(2)3)20(27)21-8-5-11-26-4/h6-7,12-13H,5,8-11,14H2,1-4H3,(H,21,27)(H,22,25). The molecular formula is C20H30N4O2S. The lowest BCUT2D eigenvalue weighted by Gasteiger charge is -2.27. The average molecular weight is 391 g/mol. The number of aromatic nitrogens is 1. The molecule has 0 saturated carbocycles. The van der Waals surface area contributed by atoms with Gasteiger partial charge in [0.15, 0.2) is 5.11 Å². The number of aryl methyl sites for hydroxylation is 1. The molecular weight excluding hydrogens is 360 g/mol. The number of ether oxygens (including phenoxy) is 1. The number of hydrogen-bond donors (Lipinski definition) is 2. The van der Waals surface area contributed by atoms with E-state index in [0.717, 1.165) is 42.5 Å². The maximum Gasteiger partial charge on any atom is 0.253 e. The largest absolute Gasteiger partial charge is 0.385 e. The molecule has 0 aliphatic carbocycles. The van der Waals surface area contributed by atoms with Gasteiger partial charge in [-0.15, -0.1) is 0 Å². The molecule has 0 aliphatic rings. The van der Waals surface area contributed by atoms with Crippen molar-refractivity contribution in [1.82, 2.24) is 20.1 Å². The van der Waals surface area contributed by atoms with Gasteiger partial charge in [-0.1, -0.05) is 12.1 Å². The van der Waals surface area contributed by atoms with Crippen LogP contribution in [0.25, 0.3) is 10.9 Å². The van der Waals surface area contributed by atoms with Gasteiger partial charge < -0.3 is 24.8 Å². The molecule has 0 atom stereocenters. The Kier molecular flexibility index (Phi) is 8.22. The van der Waals surface area contributed by atoms with Crippen molar-refractivity contribution >= 4 is 28.2 Å². The molecule has 0 unspecified atom stereocenters. The van der Waals surface area contributed by atoms with E-state index in [9.17, 15) is 4.79 Å². The molecule has 1 aromatic heterocycles. The van der Waals surface area contributed by atoms with Crippen LogP contribution in [0.1, 0.15) is 17.5 Å². The van der Waals surface area contributed by atoms with Crippen molar-refractivity contribution in [2.45, 2.75) is 19.9 Å². The van der Waals surface area contributed by atoms with E-state index in [1.54, 1.807) is 7.11 Å². The van der Waals surface area contributed by atoms with Gasteiger partial charge in [-0.05, 0) is 62.7 Å². The molecule has 1 heterocycles. The number of fused-ring (bicyclic) bond motifs is 1. The smallest absolute Gasteiger partial charge is 0.253 e. The first-order valence-corrected chi connectivity index (χ1v) is 9.60. The average Bonchev–Trinajstić information content (AvgIpc) is 2.62. The van der Waals surface area contributed by atoms with E-state index < -0.39 is 0 Å². The minimum atomic E-state index is -0.0647. The van der Waals surface area contributed by atoms with E-state index in [1.165, 1.54) is 0 Å². The van der Waals surface area contributed by atoms with Crippen LogP contribution in [0.5, 0.6) is 0 Å². The Hall–Kier alpha value is -1.96. The van der Waals surface area contributed by atoms with E-state index >= 15 is 0 Å². The lowest BCUT2D eigenvalue weighted by Crippen LogP contribution is -2.43. The topological polar surface area (TPSA) is 60.6 Å². The van der Waals surface area contributed by atoms with Crippen LogP contribution < -0.4 is 10.9 Å². The molecule has 2 rings (SSSR count). The van der Waals surface area contributed by atoms with Crippen LogP contribution >= 0.6 is 12.2 Å². The molecule has 27 heavy (non-hydrogen) atoms. The van der Waals surface area contributed by atoms with Gasteiger partial charge >= 0.3 is 0 Å². The van der Waals surface area contributed by atoms with Gasteiger partial charge in [0.05, 0.1) is 6.54 Å². The molecule has 0 aliphatic heterocycles. The SMILES string of the molecule is COCCCNC(=S)N(CCN(C)C)Cc1cc2ccc(C)cc2[nH]c1=O. The summed E-state index contributed by atoms with van der Waals surface area (Å²) in [6.07, 6.45) is 0.883. The Labute approximate surface area is 166 Å². The van der Waals surface area contributed by atoms with Gasteiger partial charge in [0.1, 0.15) is 0 Å². The highest BCUT2D eigenvalue weighted by molar-refractivity contribution is 7.80. The van der Waals surface area contributed by atoms with Crippen molar-refractivity contribution in [1.29, 1.82) is 0 Å². The summed E-state index contributed by atoms with van der Waals surface area (Å²) in [4.78, 5) is 19.7. The molecule has 0 fully saturated rings. The molecule has 7 heteroatoms. The number of nitrogens with one attached hydrogen (secondary N) is 2. The van der Waals surface area contributed by atoms with Crippen LogP contribution in [0.4, 0.5) is 0 Å². The maximum atomic E-state index is 12.6. The third-order valence-corrected chi connectivity index (χ3v) is 4.75. The van der Waals surface area contributed by atoms with E-state index in [-0.39, 0.29) is 5.56 Å². The number of pyridine rings is 1. The van der Waals surface area contributed by atoms with Gasteiger partial charge in [-0.25, -0.2) is 0 Å². The highest BCUT2D eigenvalue weighted by atomic mass is 32.1. The monoisotopic (exact) mass is 390 g/mol. The number of benzene rings is 1. The summed E-state index contributed by atoms with van der Waals surface area (Å²) in [6.45, 7) is 5.53. The Bertz CT molecular complexity index is 819. The molecule has 1 aromatic carbocycles. The van der Waals surface area contributed by atoms with Crippen molar-refractivity contribution in [3.63, 3.8) is 0 Å². The van der Waals surface area contributed by atoms with Crippen LogP contribution in [0.2, 0.25) is 0 Å². The second kappa shape index (κ2) is 10.4. The number of hydrogen-bond acceptors (Lipinski definition) is 4. The highest BCUT2D eigenvalue weighted by Crippen LogP contribution is 2.14. The summed E-state index contributed by atoms with van der Waals surface area (Å²) >= 11 is 5.58. The molecule has 0 saturated heterocycles. The van der Waals surface area contributed by atoms with Crippen molar-refractivity contribution in [2.24, 2.45) is 0 Å². The molecule has 0 bridgehead atoms. The van der Waals surface area contributed by atoms with Crippen LogP contribution in [0.15, 0.2) is 29.1 Å². The minimum absolute atomic E-state index is 0.0647. The zero-order chi connectivity index (χ0) is 19.8. The summed E-state index contributed by atoms with van der Waals surface area (Å²) in [5, 5.41) is 4.96. The lowest BCUT2D eigenvalue weighted by molar-refractivity contribution is 0.195. The number of nitrogens with zero attached hydrogens (tertiary/aromatic N) is 2. The number of thiocarbonyl (C=S) groups is 1. The van der Waals surface area contributed by atoms with E-state index in [0.29, 0.717) is 23.8 Å². The van der Waals surface area contributed by atoms with E-state index in [4.69, 9.17) is 17.0 Å². The lowest BCUT2D eigenvalue weighted by atomic mass is 10.1. The second-order valence-corrected chi connectivity index (χ2v) is 7.40. The van der Waals surface area contributed by atoms with Gasteiger partial charge in [0.25, 0.3) is 5.56 Å². The summed E-state index contributed by atoms with van der Waals surface area (Å²) in [6, 6.07) is 8.04. The third kappa shape index (κ3) is 6.61. The normalized spacial score (nSPS) is 11.1. The van der Waals surface area contributed by atoms with Crippen LogP contribution in [0, 0.1) is 6.92 Å². The van der Waals surface area contributed by atoms with Gasteiger partial charge in [-0.3, -0.25) is 4.79 Å². The molecule has 6 nitrogen and oxygen atoms in total. The Morgan fingerprint density at radius 2 is 2.04 bits per heavy atom. The molecule has 0 radical (unpaired) electrons. The number of methoxy groups -OCH3 is 1. The number of rotatable bonds is 9. The van der Waals surface area contributed by atoms with Crippen LogP contribution in [-0.2, 0) is 11.3 Å². The zero-order valence-electron chi connectivity index (χ0n) is 16.7. The fourth-order valence-electron chi connectivity index (χ4n) is 2.78. The maximum absolute atomic E-state index is 12.6. The first-order valence-electron chi connectivity index (χ1n) is 9.19. The van der Waals surface area contributed by atoms with Crippen LogP contribution in [-0.4, -0.2) is 67.3 Å². The van der Waals surface area contributed by atoms with E-state index in [1.807, 2.05) is 44.1 Å². The Balaban J connectivity index is 2.16. The predicted octanol–water partition coefficient (Wildman–Crippen LogP) is 2.11. The number of aromatic amines is 1. The minimum Gasteiger partial charge on any atom is -0.385 e. The second-order valence-electron chi connectivity index (χ2n) is 7.02.